The van der Waals surface area contributed by atoms with Crippen molar-refractivity contribution in [2.45, 2.75) is 32.4 Å². The minimum atomic E-state index is -4.55. The van der Waals surface area contributed by atoms with Gasteiger partial charge in [0.1, 0.15) is 0 Å². The van der Waals surface area contributed by atoms with E-state index < -0.39 is 12.1 Å². The Bertz CT molecular complexity index is 562. The molecule has 0 saturated carbocycles. The Labute approximate surface area is 109 Å². The van der Waals surface area contributed by atoms with Gasteiger partial charge < -0.3 is 4.42 Å². The number of halogens is 3. The van der Waals surface area contributed by atoms with E-state index in [-0.39, 0.29) is 11.2 Å². The summed E-state index contributed by atoms with van der Waals surface area (Å²) in [7, 11) is 0. The van der Waals surface area contributed by atoms with Crippen LogP contribution in [0.5, 0.6) is 0 Å². The largest absolute Gasteiger partial charge is 0.468 e. The number of hydrogen-bond donors (Lipinski definition) is 0. The van der Waals surface area contributed by atoms with Crippen LogP contribution in [0.4, 0.5) is 13.2 Å². The van der Waals surface area contributed by atoms with E-state index in [1.54, 1.807) is 12.1 Å². The molecule has 0 aliphatic rings. The highest BCUT2D eigenvalue weighted by Gasteiger charge is 2.37. The highest BCUT2D eigenvalue weighted by Crippen LogP contribution is 2.32. The molecule has 102 valence electrons. The zero-order chi connectivity index (χ0) is 14.3. The van der Waals surface area contributed by atoms with E-state index in [9.17, 15) is 13.2 Å². The SMILES string of the molecule is CC(C)(C)c1ccc(-c2cnc(C(F)(F)F)o2)cc1. The average molecular weight is 269 g/mol. The summed E-state index contributed by atoms with van der Waals surface area (Å²) in [5, 5.41) is 0. The van der Waals surface area contributed by atoms with Crippen LogP contribution < -0.4 is 0 Å². The lowest BCUT2D eigenvalue weighted by Crippen LogP contribution is -2.10. The Morgan fingerprint density at radius 2 is 1.58 bits per heavy atom. The Morgan fingerprint density at radius 3 is 2.00 bits per heavy atom. The van der Waals surface area contributed by atoms with Gasteiger partial charge >= 0.3 is 12.1 Å². The molecule has 0 bridgehead atoms. The number of nitrogens with zero attached hydrogens (tertiary/aromatic N) is 1. The summed E-state index contributed by atoms with van der Waals surface area (Å²) in [5.74, 6) is -1.10. The van der Waals surface area contributed by atoms with Gasteiger partial charge in [-0.05, 0) is 11.0 Å². The first-order valence-electron chi connectivity index (χ1n) is 5.82. The summed E-state index contributed by atoms with van der Waals surface area (Å²) in [6.45, 7) is 6.20. The van der Waals surface area contributed by atoms with Gasteiger partial charge in [0.2, 0.25) is 0 Å². The highest BCUT2D eigenvalue weighted by molar-refractivity contribution is 5.57. The predicted octanol–water partition coefficient (Wildman–Crippen LogP) is 4.66. The number of hydrogen-bond acceptors (Lipinski definition) is 2. The number of aromatic nitrogens is 1. The average Bonchev–Trinajstić information content (AvgIpc) is 2.77. The lowest BCUT2D eigenvalue weighted by atomic mass is 9.86. The Balaban J connectivity index is 2.31. The molecule has 1 heterocycles. The van der Waals surface area contributed by atoms with Crippen molar-refractivity contribution in [2.75, 3.05) is 0 Å². The molecule has 0 N–H and O–H groups in total. The molecule has 0 atom stereocenters. The molecule has 0 amide bonds. The van der Waals surface area contributed by atoms with E-state index in [2.05, 4.69) is 25.8 Å². The summed E-state index contributed by atoms with van der Waals surface area (Å²) in [5.41, 5.74) is 1.68. The molecule has 19 heavy (non-hydrogen) atoms. The molecule has 0 aliphatic carbocycles. The first kappa shape index (κ1) is 13.6. The van der Waals surface area contributed by atoms with E-state index >= 15 is 0 Å². The van der Waals surface area contributed by atoms with Gasteiger partial charge in [0, 0.05) is 5.56 Å². The second kappa shape index (κ2) is 4.40. The van der Waals surface area contributed by atoms with Crippen LogP contribution in [0.3, 0.4) is 0 Å². The predicted molar refractivity (Wildman–Crippen MR) is 65.6 cm³/mol. The smallest absolute Gasteiger partial charge is 0.433 e. The molecule has 0 saturated heterocycles. The quantitative estimate of drug-likeness (QED) is 0.752. The molecule has 0 unspecified atom stereocenters. The standard InChI is InChI=1S/C14H14F3NO/c1-13(2,3)10-6-4-9(5-7-10)11-8-18-12(19-11)14(15,16)17/h4-8H,1-3H3. The summed E-state index contributed by atoms with van der Waals surface area (Å²) in [4.78, 5) is 3.24. The lowest BCUT2D eigenvalue weighted by molar-refractivity contribution is -0.156. The van der Waals surface area contributed by atoms with Crippen molar-refractivity contribution >= 4 is 0 Å². The van der Waals surface area contributed by atoms with E-state index in [4.69, 9.17) is 4.42 Å². The van der Waals surface area contributed by atoms with Crippen LogP contribution in [0.15, 0.2) is 34.9 Å². The number of rotatable bonds is 1. The van der Waals surface area contributed by atoms with E-state index in [0.29, 0.717) is 5.56 Å². The third-order valence-electron chi connectivity index (χ3n) is 2.78. The van der Waals surface area contributed by atoms with E-state index in [0.717, 1.165) is 11.8 Å². The first-order valence-corrected chi connectivity index (χ1v) is 5.82. The lowest BCUT2D eigenvalue weighted by Gasteiger charge is -2.18. The normalized spacial score (nSPS) is 12.7. The third-order valence-corrected chi connectivity index (χ3v) is 2.78. The van der Waals surface area contributed by atoms with Gasteiger partial charge in [-0.25, -0.2) is 4.98 Å². The molecule has 1 aromatic heterocycles. The van der Waals surface area contributed by atoms with Gasteiger partial charge in [0.15, 0.2) is 5.76 Å². The van der Waals surface area contributed by atoms with Crippen molar-refractivity contribution in [3.63, 3.8) is 0 Å². The maximum Gasteiger partial charge on any atom is 0.468 e. The maximum atomic E-state index is 12.4. The monoisotopic (exact) mass is 269 g/mol. The second-order valence-corrected chi connectivity index (χ2v) is 5.35. The molecule has 2 rings (SSSR count). The Kier molecular flexibility index (Phi) is 3.16. The summed E-state index contributed by atoms with van der Waals surface area (Å²) < 4.78 is 41.9. The molecule has 0 fully saturated rings. The van der Waals surface area contributed by atoms with Crippen molar-refractivity contribution in [1.82, 2.24) is 4.98 Å². The van der Waals surface area contributed by atoms with Crippen LogP contribution in [-0.2, 0) is 11.6 Å². The summed E-state index contributed by atoms with van der Waals surface area (Å²) in [6.07, 6.45) is -3.46. The van der Waals surface area contributed by atoms with Gasteiger partial charge in [-0.2, -0.15) is 13.2 Å². The molecule has 0 radical (unpaired) electrons. The van der Waals surface area contributed by atoms with Gasteiger partial charge in [0.25, 0.3) is 0 Å². The molecule has 0 spiro atoms. The molecular formula is C14H14F3NO. The van der Waals surface area contributed by atoms with Gasteiger partial charge in [-0.3, -0.25) is 0 Å². The Hall–Kier alpha value is -1.78. The fourth-order valence-electron chi connectivity index (χ4n) is 1.67. The van der Waals surface area contributed by atoms with Crippen molar-refractivity contribution in [2.24, 2.45) is 0 Å². The molecule has 0 aliphatic heterocycles. The van der Waals surface area contributed by atoms with Gasteiger partial charge in [0.05, 0.1) is 6.20 Å². The van der Waals surface area contributed by atoms with Gasteiger partial charge in [-0.15, -0.1) is 0 Å². The fraction of sp³-hybridized carbons (Fsp3) is 0.357. The van der Waals surface area contributed by atoms with Crippen molar-refractivity contribution < 1.29 is 17.6 Å². The zero-order valence-corrected chi connectivity index (χ0v) is 10.9. The molecule has 2 aromatic rings. The summed E-state index contributed by atoms with van der Waals surface area (Å²) in [6, 6.07) is 7.23. The van der Waals surface area contributed by atoms with E-state index in [1.165, 1.54) is 0 Å². The molecular weight excluding hydrogens is 255 g/mol. The van der Waals surface area contributed by atoms with E-state index in [1.807, 2.05) is 12.1 Å². The number of alkyl halides is 3. The molecule has 5 heteroatoms. The van der Waals surface area contributed by atoms with Crippen molar-refractivity contribution in [1.29, 1.82) is 0 Å². The number of benzene rings is 1. The van der Waals surface area contributed by atoms with Gasteiger partial charge in [-0.1, -0.05) is 45.0 Å². The highest BCUT2D eigenvalue weighted by atomic mass is 19.4. The first-order chi connectivity index (χ1) is 8.68. The van der Waals surface area contributed by atoms with Crippen LogP contribution in [0.2, 0.25) is 0 Å². The molecule has 2 nitrogen and oxygen atoms in total. The fourth-order valence-corrected chi connectivity index (χ4v) is 1.67. The third kappa shape index (κ3) is 2.97. The van der Waals surface area contributed by atoms with Crippen molar-refractivity contribution in [3.8, 4) is 11.3 Å². The van der Waals surface area contributed by atoms with Crippen LogP contribution in [0, 0.1) is 0 Å². The maximum absolute atomic E-state index is 12.4. The van der Waals surface area contributed by atoms with Crippen molar-refractivity contribution in [3.05, 3.63) is 41.9 Å². The van der Waals surface area contributed by atoms with Crippen LogP contribution in [-0.4, -0.2) is 4.98 Å². The Morgan fingerprint density at radius 1 is 1.00 bits per heavy atom. The topological polar surface area (TPSA) is 26.0 Å². The second-order valence-electron chi connectivity index (χ2n) is 5.35. The van der Waals surface area contributed by atoms with Crippen LogP contribution in [0.25, 0.3) is 11.3 Å². The minimum Gasteiger partial charge on any atom is -0.433 e. The van der Waals surface area contributed by atoms with Crippen LogP contribution >= 0.6 is 0 Å². The van der Waals surface area contributed by atoms with Crippen LogP contribution in [0.1, 0.15) is 32.2 Å². The zero-order valence-electron chi connectivity index (χ0n) is 10.9. The minimum absolute atomic E-state index is 0.00290. The summed E-state index contributed by atoms with van der Waals surface area (Å²) >= 11 is 0. The molecule has 1 aromatic carbocycles. The number of oxazole rings is 1.